The van der Waals surface area contributed by atoms with Crippen molar-refractivity contribution in [3.8, 4) is 0 Å². The third-order valence-corrected chi connectivity index (χ3v) is 1.53. The normalized spacial score (nSPS) is 5.22. The maximum Gasteiger partial charge on any atom is 0.0822 e. The van der Waals surface area contributed by atoms with Crippen LogP contribution in [0.25, 0.3) is 0 Å². The minimum Gasteiger partial charge on any atom is -0.237 e. The van der Waals surface area contributed by atoms with Crippen LogP contribution in [0.5, 0.6) is 0 Å². The highest BCUT2D eigenvalue weighted by Gasteiger charge is 1.85. The first-order valence-corrected chi connectivity index (χ1v) is 5.57. The fraction of sp³-hybridized carbons (Fsp3) is 1.00. The molecule has 0 aromatic rings. The van der Waals surface area contributed by atoms with E-state index in [1.54, 1.807) is 0 Å². The molecule has 0 aliphatic rings. The van der Waals surface area contributed by atoms with E-state index in [9.17, 15) is 0 Å². The standard InChI is InChI=1S/C7H16O2.C4H10.10CH4/c1-3-5-6-7-9-8-4-2;1-3-4-2;;;;;;;;;;/h3-7H2,1-2H3;3-4H2,1-2H3;10*1H4. The molecule has 0 N–H and O–H groups in total. The maximum absolute atomic E-state index is 4.78. The van der Waals surface area contributed by atoms with Crippen molar-refractivity contribution in [2.24, 2.45) is 0 Å². The van der Waals surface area contributed by atoms with Gasteiger partial charge in [0.2, 0.25) is 0 Å². The molecule has 0 atom stereocenters. The van der Waals surface area contributed by atoms with Gasteiger partial charge in [0.15, 0.2) is 0 Å². The van der Waals surface area contributed by atoms with Crippen molar-refractivity contribution in [2.45, 2.75) is 134 Å². The van der Waals surface area contributed by atoms with Gasteiger partial charge in [-0.1, -0.05) is 121 Å². The Balaban J connectivity index is -0.00000000802. The van der Waals surface area contributed by atoms with Gasteiger partial charge in [-0.3, -0.25) is 0 Å². The zero-order valence-corrected chi connectivity index (χ0v) is 9.77. The summed E-state index contributed by atoms with van der Waals surface area (Å²) in [5.74, 6) is 0. The highest BCUT2D eigenvalue weighted by atomic mass is 17.2. The second-order valence-corrected chi connectivity index (χ2v) is 2.94. The van der Waals surface area contributed by atoms with Crippen molar-refractivity contribution < 1.29 is 9.78 Å². The second-order valence-electron chi connectivity index (χ2n) is 2.94. The van der Waals surface area contributed by atoms with Crippen LogP contribution in [-0.4, -0.2) is 13.2 Å². The molecule has 2 heteroatoms. The average Bonchev–Trinajstić information content (AvgIpc) is 2.18. The Labute approximate surface area is 157 Å². The molecule has 0 saturated carbocycles. The highest BCUT2D eigenvalue weighted by Crippen LogP contribution is 1.93. The summed E-state index contributed by atoms with van der Waals surface area (Å²) in [5, 5.41) is 0. The lowest BCUT2D eigenvalue weighted by atomic mass is 10.3. The van der Waals surface area contributed by atoms with Crippen LogP contribution in [0.3, 0.4) is 0 Å². The third-order valence-electron chi connectivity index (χ3n) is 1.53. The van der Waals surface area contributed by atoms with Gasteiger partial charge in [0.25, 0.3) is 0 Å². The molecular weight excluding hydrogens is 284 g/mol. The van der Waals surface area contributed by atoms with Gasteiger partial charge in [-0.2, -0.15) is 0 Å². The Hall–Kier alpha value is -0.0800. The molecule has 0 unspecified atom stereocenters. The van der Waals surface area contributed by atoms with Gasteiger partial charge in [-0.05, 0) is 13.3 Å². The summed E-state index contributed by atoms with van der Waals surface area (Å²) in [6.07, 6.45) is 6.21. The molecule has 0 aromatic carbocycles. The van der Waals surface area contributed by atoms with Gasteiger partial charge in [0.05, 0.1) is 13.2 Å². The Morgan fingerprint density at radius 2 is 0.783 bits per heavy atom. The fourth-order valence-corrected chi connectivity index (χ4v) is 0.553. The van der Waals surface area contributed by atoms with E-state index >= 15 is 0 Å². The Morgan fingerprint density at radius 3 is 1.00 bits per heavy atom. The first kappa shape index (κ1) is 92.4. The third kappa shape index (κ3) is 182. The lowest BCUT2D eigenvalue weighted by molar-refractivity contribution is -0.291. The van der Waals surface area contributed by atoms with Crippen molar-refractivity contribution in [3.05, 3.63) is 0 Å². The smallest absolute Gasteiger partial charge is 0.0822 e. The Kier molecular flexibility index (Phi) is 484. The van der Waals surface area contributed by atoms with Crippen LogP contribution in [0.2, 0.25) is 0 Å². The monoisotopic (exact) mass is 351 g/mol. The summed E-state index contributed by atoms with van der Waals surface area (Å²) < 4.78 is 0. The van der Waals surface area contributed by atoms with E-state index < -0.39 is 0 Å². The summed E-state index contributed by atoms with van der Waals surface area (Å²) in [6, 6.07) is 0. The largest absolute Gasteiger partial charge is 0.237 e. The van der Waals surface area contributed by atoms with Crippen LogP contribution < -0.4 is 0 Å². The van der Waals surface area contributed by atoms with Crippen LogP contribution in [0, 0.1) is 0 Å². The molecule has 0 bridgehead atoms. The van der Waals surface area contributed by atoms with E-state index in [4.69, 9.17) is 4.89 Å². The average molecular weight is 351 g/mol. The molecule has 0 saturated heterocycles. The van der Waals surface area contributed by atoms with E-state index in [0.29, 0.717) is 6.61 Å². The SMILES string of the molecule is C.C.C.C.C.C.C.C.C.C.CCCC.CCCCCOOCC. The maximum atomic E-state index is 4.78. The lowest BCUT2D eigenvalue weighted by Crippen LogP contribution is -1.95. The number of hydrogen-bond acceptors (Lipinski definition) is 2. The van der Waals surface area contributed by atoms with E-state index in [1.807, 2.05) is 6.92 Å². The predicted molar refractivity (Wildman–Crippen MR) is 125 cm³/mol. The Morgan fingerprint density at radius 1 is 0.435 bits per heavy atom. The first-order chi connectivity index (χ1) is 6.33. The highest BCUT2D eigenvalue weighted by molar-refractivity contribution is 4.32. The number of hydrogen-bond donors (Lipinski definition) is 0. The van der Waals surface area contributed by atoms with Gasteiger partial charge in [0, 0.05) is 0 Å². The number of unbranched alkanes of at least 4 members (excludes halogenated alkanes) is 3. The van der Waals surface area contributed by atoms with Crippen molar-refractivity contribution >= 4 is 0 Å². The summed E-state index contributed by atoms with van der Waals surface area (Å²) in [6.45, 7) is 9.83. The summed E-state index contributed by atoms with van der Waals surface area (Å²) >= 11 is 0. The van der Waals surface area contributed by atoms with Crippen molar-refractivity contribution in [3.63, 3.8) is 0 Å². The van der Waals surface area contributed by atoms with Crippen LogP contribution in [0.1, 0.15) is 134 Å². The van der Waals surface area contributed by atoms with Gasteiger partial charge in [-0.15, -0.1) is 0 Å². The predicted octanol–water partition coefficient (Wildman–Crippen LogP) is 10.3. The van der Waals surface area contributed by atoms with E-state index in [2.05, 4.69) is 25.7 Å². The van der Waals surface area contributed by atoms with E-state index in [1.165, 1.54) is 25.7 Å². The molecule has 0 spiro atoms. The molecule has 23 heavy (non-hydrogen) atoms. The topological polar surface area (TPSA) is 18.5 Å². The molecule has 2 nitrogen and oxygen atoms in total. The van der Waals surface area contributed by atoms with Gasteiger partial charge in [-0.25, -0.2) is 9.78 Å². The minimum absolute atomic E-state index is 0. The van der Waals surface area contributed by atoms with Crippen LogP contribution in [0.4, 0.5) is 0 Å². The van der Waals surface area contributed by atoms with Gasteiger partial charge >= 0.3 is 0 Å². The molecule has 0 aromatic heterocycles. The van der Waals surface area contributed by atoms with Gasteiger partial charge < -0.3 is 0 Å². The van der Waals surface area contributed by atoms with Crippen molar-refractivity contribution in [1.82, 2.24) is 0 Å². The fourth-order valence-electron chi connectivity index (χ4n) is 0.553. The molecule has 0 fully saturated rings. The second kappa shape index (κ2) is 121. The van der Waals surface area contributed by atoms with E-state index in [-0.39, 0.29) is 74.3 Å². The molecule has 0 rings (SSSR count). The first-order valence-electron chi connectivity index (χ1n) is 5.57. The molecule has 0 aliphatic carbocycles. The van der Waals surface area contributed by atoms with Crippen molar-refractivity contribution in [2.75, 3.05) is 13.2 Å². The molecule has 0 heterocycles. The summed E-state index contributed by atoms with van der Waals surface area (Å²) in [5.41, 5.74) is 0. The molecular formula is C21H66O2. The quantitative estimate of drug-likeness (QED) is 0.258. The summed E-state index contributed by atoms with van der Waals surface area (Å²) in [4.78, 5) is 9.46. The number of rotatable bonds is 7. The molecule has 0 radical (unpaired) electrons. The lowest BCUT2D eigenvalue weighted by Gasteiger charge is -1.98. The van der Waals surface area contributed by atoms with Gasteiger partial charge in [0.1, 0.15) is 0 Å². The molecule has 0 aliphatic heterocycles. The van der Waals surface area contributed by atoms with Crippen LogP contribution >= 0.6 is 0 Å². The zero-order chi connectivity index (χ0) is 10.4. The molecule has 0 amide bonds. The van der Waals surface area contributed by atoms with Crippen LogP contribution in [0.15, 0.2) is 0 Å². The van der Waals surface area contributed by atoms with Crippen LogP contribution in [-0.2, 0) is 9.78 Å². The van der Waals surface area contributed by atoms with Crippen molar-refractivity contribution in [1.29, 1.82) is 0 Å². The summed E-state index contributed by atoms with van der Waals surface area (Å²) in [7, 11) is 0. The minimum atomic E-state index is 0. The van der Waals surface area contributed by atoms with E-state index in [0.717, 1.165) is 13.0 Å². The molecule has 162 valence electrons. The zero-order valence-electron chi connectivity index (χ0n) is 9.77. The Bertz CT molecular complexity index is 58.9.